The van der Waals surface area contributed by atoms with E-state index < -0.39 is 5.97 Å². The molecule has 1 rings (SSSR count). The Kier molecular flexibility index (Phi) is 4.30. The SMILES string of the molecule is CC(CC(=O)O)NC(C)Cn1ccnc1. The molecule has 2 atom stereocenters. The van der Waals surface area contributed by atoms with Crippen LogP contribution in [0, 0.1) is 0 Å². The summed E-state index contributed by atoms with van der Waals surface area (Å²) in [4.78, 5) is 14.4. The highest BCUT2D eigenvalue weighted by atomic mass is 16.4. The zero-order valence-electron chi connectivity index (χ0n) is 9.05. The molecule has 0 aliphatic rings. The largest absolute Gasteiger partial charge is 0.481 e. The Balaban J connectivity index is 2.29. The van der Waals surface area contributed by atoms with Gasteiger partial charge in [0.05, 0.1) is 12.7 Å². The first-order valence-corrected chi connectivity index (χ1v) is 5.01. The minimum Gasteiger partial charge on any atom is -0.481 e. The molecule has 0 spiro atoms. The van der Waals surface area contributed by atoms with Gasteiger partial charge in [-0.3, -0.25) is 4.79 Å². The van der Waals surface area contributed by atoms with Crippen molar-refractivity contribution in [2.45, 2.75) is 38.9 Å². The first-order chi connectivity index (χ1) is 7.08. The maximum absolute atomic E-state index is 10.5. The topological polar surface area (TPSA) is 67.2 Å². The lowest BCUT2D eigenvalue weighted by Crippen LogP contribution is -2.38. The van der Waals surface area contributed by atoms with Gasteiger partial charge >= 0.3 is 5.97 Å². The third kappa shape index (κ3) is 4.60. The second kappa shape index (κ2) is 5.50. The summed E-state index contributed by atoms with van der Waals surface area (Å²) in [6.07, 6.45) is 5.52. The average Bonchev–Trinajstić information content (AvgIpc) is 2.53. The van der Waals surface area contributed by atoms with E-state index in [4.69, 9.17) is 5.11 Å². The summed E-state index contributed by atoms with van der Waals surface area (Å²) in [6.45, 7) is 4.70. The highest BCUT2D eigenvalue weighted by Crippen LogP contribution is 1.96. The highest BCUT2D eigenvalue weighted by Gasteiger charge is 2.10. The third-order valence-corrected chi connectivity index (χ3v) is 2.09. The van der Waals surface area contributed by atoms with E-state index in [-0.39, 0.29) is 18.5 Å². The van der Waals surface area contributed by atoms with Crippen LogP contribution >= 0.6 is 0 Å². The van der Waals surface area contributed by atoms with E-state index in [1.54, 1.807) is 12.5 Å². The minimum atomic E-state index is -0.773. The summed E-state index contributed by atoms with van der Waals surface area (Å²) >= 11 is 0. The Bertz CT molecular complexity index is 298. The maximum atomic E-state index is 10.5. The van der Waals surface area contributed by atoms with Gasteiger partial charge in [0, 0.05) is 31.0 Å². The van der Waals surface area contributed by atoms with Crippen LogP contribution < -0.4 is 5.32 Å². The van der Waals surface area contributed by atoms with Crippen molar-refractivity contribution < 1.29 is 9.90 Å². The molecule has 0 radical (unpaired) electrons. The number of aromatic nitrogens is 2. The molecule has 0 amide bonds. The first kappa shape index (κ1) is 11.7. The summed E-state index contributed by atoms with van der Waals surface area (Å²) in [5.74, 6) is -0.773. The summed E-state index contributed by atoms with van der Waals surface area (Å²) in [7, 11) is 0. The molecule has 0 aliphatic heterocycles. The lowest BCUT2D eigenvalue weighted by molar-refractivity contribution is -0.137. The molecule has 1 aromatic heterocycles. The maximum Gasteiger partial charge on any atom is 0.304 e. The zero-order valence-corrected chi connectivity index (χ0v) is 9.05. The predicted octanol–water partition coefficient (Wildman–Crippen LogP) is 0.724. The van der Waals surface area contributed by atoms with E-state index in [9.17, 15) is 4.79 Å². The number of imidazole rings is 1. The van der Waals surface area contributed by atoms with Crippen LogP contribution in [0.1, 0.15) is 20.3 Å². The number of nitrogens with zero attached hydrogens (tertiary/aromatic N) is 2. The molecular formula is C10H17N3O2. The summed E-state index contributed by atoms with van der Waals surface area (Å²) in [5.41, 5.74) is 0. The van der Waals surface area contributed by atoms with Crippen molar-refractivity contribution in [1.29, 1.82) is 0 Å². The van der Waals surface area contributed by atoms with Gasteiger partial charge in [0.2, 0.25) is 0 Å². The van der Waals surface area contributed by atoms with Gasteiger partial charge in [-0.25, -0.2) is 4.98 Å². The number of carboxylic acid groups (broad SMARTS) is 1. The Labute approximate surface area is 89.1 Å². The van der Waals surface area contributed by atoms with Crippen LogP contribution in [0.4, 0.5) is 0 Å². The monoisotopic (exact) mass is 211 g/mol. The lowest BCUT2D eigenvalue weighted by atomic mass is 10.2. The second-order valence-electron chi connectivity index (χ2n) is 3.83. The van der Waals surface area contributed by atoms with Gasteiger partial charge in [0.1, 0.15) is 0 Å². The lowest BCUT2D eigenvalue weighted by Gasteiger charge is -2.18. The molecule has 84 valence electrons. The van der Waals surface area contributed by atoms with Gasteiger partial charge in [0.15, 0.2) is 0 Å². The average molecular weight is 211 g/mol. The van der Waals surface area contributed by atoms with Crippen LogP contribution in [-0.4, -0.2) is 32.7 Å². The fraction of sp³-hybridized carbons (Fsp3) is 0.600. The molecule has 0 saturated carbocycles. The normalized spacial score (nSPS) is 14.8. The van der Waals surface area contributed by atoms with Gasteiger partial charge in [-0.05, 0) is 13.8 Å². The van der Waals surface area contributed by atoms with Crippen molar-refractivity contribution >= 4 is 5.97 Å². The molecular weight excluding hydrogens is 194 g/mol. The molecule has 0 fully saturated rings. The van der Waals surface area contributed by atoms with Crippen molar-refractivity contribution in [2.75, 3.05) is 0 Å². The van der Waals surface area contributed by atoms with E-state index in [0.717, 1.165) is 6.54 Å². The standard InChI is InChI=1S/C10H17N3O2/c1-8(5-10(14)15)12-9(2)6-13-4-3-11-7-13/h3-4,7-9,12H,5-6H2,1-2H3,(H,14,15). The van der Waals surface area contributed by atoms with E-state index >= 15 is 0 Å². The van der Waals surface area contributed by atoms with Crippen molar-refractivity contribution in [2.24, 2.45) is 0 Å². The molecule has 2 unspecified atom stereocenters. The van der Waals surface area contributed by atoms with Gasteiger partial charge < -0.3 is 15.0 Å². The smallest absolute Gasteiger partial charge is 0.304 e. The third-order valence-electron chi connectivity index (χ3n) is 2.09. The quantitative estimate of drug-likeness (QED) is 0.727. The highest BCUT2D eigenvalue weighted by molar-refractivity contribution is 5.67. The number of nitrogens with one attached hydrogen (secondary N) is 1. The Hall–Kier alpha value is -1.36. The summed E-state index contributed by atoms with van der Waals surface area (Å²) in [6, 6.07) is 0.217. The number of hydrogen-bond acceptors (Lipinski definition) is 3. The van der Waals surface area contributed by atoms with Gasteiger partial charge in [-0.15, -0.1) is 0 Å². The van der Waals surface area contributed by atoms with E-state index in [2.05, 4.69) is 10.3 Å². The molecule has 0 bridgehead atoms. The molecule has 5 nitrogen and oxygen atoms in total. The molecule has 1 aromatic rings. The Morgan fingerprint density at radius 2 is 2.27 bits per heavy atom. The molecule has 5 heteroatoms. The number of aliphatic carboxylic acids is 1. The second-order valence-corrected chi connectivity index (χ2v) is 3.83. The van der Waals surface area contributed by atoms with Crippen molar-refractivity contribution in [3.05, 3.63) is 18.7 Å². The Morgan fingerprint density at radius 1 is 1.53 bits per heavy atom. The summed E-state index contributed by atoms with van der Waals surface area (Å²) in [5, 5.41) is 11.8. The fourth-order valence-corrected chi connectivity index (χ4v) is 1.57. The number of carbonyl (C=O) groups is 1. The molecule has 0 aromatic carbocycles. The van der Waals surface area contributed by atoms with Crippen LogP contribution in [0.2, 0.25) is 0 Å². The van der Waals surface area contributed by atoms with Crippen LogP contribution in [0.15, 0.2) is 18.7 Å². The molecule has 1 heterocycles. The van der Waals surface area contributed by atoms with Crippen LogP contribution in [0.5, 0.6) is 0 Å². The van der Waals surface area contributed by atoms with Gasteiger partial charge in [-0.2, -0.15) is 0 Å². The van der Waals surface area contributed by atoms with Gasteiger partial charge in [0.25, 0.3) is 0 Å². The van der Waals surface area contributed by atoms with E-state index in [0.29, 0.717) is 0 Å². The number of carboxylic acids is 1. The molecule has 0 saturated heterocycles. The van der Waals surface area contributed by atoms with Crippen molar-refractivity contribution in [3.63, 3.8) is 0 Å². The minimum absolute atomic E-state index is 0.0129. The van der Waals surface area contributed by atoms with Gasteiger partial charge in [-0.1, -0.05) is 0 Å². The van der Waals surface area contributed by atoms with E-state index in [1.165, 1.54) is 0 Å². The fourth-order valence-electron chi connectivity index (χ4n) is 1.57. The van der Waals surface area contributed by atoms with Crippen molar-refractivity contribution in [3.8, 4) is 0 Å². The Morgan fingerprint density at radius 3 is 2.80 bits per heavy atom. The zero-order chi connectivity index (χ0) is 11.3. The summed E-state index contributed by atoms with van der Waals surface area (Å²) < 4.78 is 1.96. The number of hydrogen-bond donors (Lipinski definition) is 2. The molecule has 15 heavy (non-hydrogen) atoms. The van der Waals surface area contributed by atoms with Crippen LogP contribution in [0.3, 0.4) is 0 Å². The molecule has 2 N–H and O–H groups in total. The van der Waals surface area contributed by atoms with Crippen LogP contribution in [0.25, 0.3) is 0 Å². The number of rotatable bonds is 6. The van der Waals surface area contributed by atoms with Crippen molar-refractivity contribution in [1.82, 2.24) is 14.9 Å². The first-order valence-electron chi connectivity index (χ1n) is 5.01. The van der Waals surface area contributed by atoms with Crippen LogP contribution in [-0.2, 0) is 11.3 Å². The molecule has 0 aliphatic carbocycles. The van der Waals surface area contributed by atoms with E-state index in [1.807, 2.05) is 24.6 Å². The predicted molar refractivity (Wildman–Crippen MR) is 56.5 cm³/mol.